The van der Waals surface area contributed by atoms with E-state index in [9.17, 15) is 20.3 Å². The first-order chi connectivity index (χ1) is 12.6. The van der Waals surface area contributed by atoms with Gasteiger partial charge in [-0.3, -0.25) is 4.79 Å². The van der Waals surface area contributed by atoms with E-state index in [0.29, 0.717) is 5.52 Å². The topological polar surface area (TPSA) is 182 Å². The Morgan fingerprint density at radius 3 is 2.85 bits per heavy atom. The Balaban J connectivity index is 1.93. The van der Waals surface area contributed by atoms with Crippen LogP contribution in [-0.2, 0) is 19.9 Å². The molecule has 2 aromatic rings. The molecule has 1 fully saturated rings. The van der Waals surface area contributed by atoms with E-state index in [2.05, 4.69) is 10.1 Å². The van der Waals surface area contributed by atoms with Gasteiger partial charge in [-0.05, 0) is 26.0 Å². The summed E-state index contributed by atoms with van der Waals surface area (Å²) in [5.41, 5.74) is 8.83. The van der Waals surface area contributed by atoms with E-state index >= 15 is 0 Å². The summed E-state index contributed by atoms with van der Waals surface area (Å²) >= 11 is 0. The first kappa shape index (κ1) is 19.0. The monoisotopic (exact) mass is 376 g/mol. The van der Waals surface area contributed by atoms with Gasteiger partial charge in [0.15, 0.2) is 5.82 Å². The number of nitrogens with zero attached hydrogens (tertiary/aromatic N) is 4. The molecule has 1 aliphatic rings. The summed E-state index contributed by atoms with van der Waals surface area (Å²) in [7, 11) is 0. The lowest BCUT2D eigenvalue weighted by molar-refractivity contribution is -0.155. The zero-order valence-corrected chi connectivity index (χ0v) is 14.7. The predicted molar refractivity (Wildman–Crippen MR) is 90.8 cm³/mol. The van der Waals surface area contributed by atoms with Crippen molar-refractivity contribution in [2.45, 2.75) is 43.3 Å². The van der Waals surface area contributed by atoms with Gasteiger partial charge in [0, 0.05) is 0 Å². The molecule has 27 heavy (non-hydrogen) atoms. The first-order valence-electron chi connectivity index (χ1n) is 8.12. The van der Waals surface area contributed by atoms with Crippen LogP contribution in [0.3, 0.4) is 0 Å². The fraction of sp³-hybridized carbons (Fsp3) is 0.500. The Morgan fingerprint density at radius 2 is 2.22 bits per heavy atom. The quantitative estimate of drug-likeness (QED) is 0.455. The molecular weight excluding hydrogens is 356 g/mol. The van der Waals surface area contributed by atoms with Gasteiger partial charge in [0.25, 0.3) is 0 Å². The lowest BCUT2D eigenvalue weighted by atomic mass is 9.92. The van der Waals surface area contributed by atoms with Crippen LogP contribution in [0.15, 0.2) is 18.5 Å². The molecular formula is C16H20N6O5. The van der Waals surface area contributed by atoms with Gasteiger partial charge in [-0.2, -0.15) is 10.4 Å². The Labute approximate surface area is 154 Å². The molecule has 0 spiro atoms. The molecule has 0 amide bonds. The second-order valence-corrected chi connectivity index (χ2v) is 6.92. The minimum Gasteiger partial charge on any atom is -0.461 e. The zero-order chi connectivity index (χ0) is 20.0. The molecule has 144 valence electrons. The van der Waals surface area contributed by atoms with E-state index in [4.69, 9.17) is 20.9 Å². The van der Waals surface area contributed by atoms with Crippen molar-refractivity contribution in [2.24, 2.45) is 5.73 Å². The van der Waals surface area contributed by atoms with Crippen LogP contribution in [0.4, 0.5) is 5.82 Å². The van der Waals surface area contributed by atoms with Crippen LogP contribution in [0.25, 0.3) is 5.52 Å². The number of anilines is 1. The zero-order valence-electron chi connectivity index (χ0n) is 14.7. The number of hydrogen-bond donors (Lipinski definition) is 4. The third-order valence-electron chi connectivity index (χ3n) is 4.39. The molecule has 0 aromatic carbocycles. The van der Waals surface area contributed by atoms with Crippen molar-refractivity contribution >= 4 is 17.3 Å². The molecule has 1 aliphatic heterocycles. The number of fused-ring (bicyclic) bond motifs is 1. The molecule has 3 rings (SSSR count). The molecule has 6 N–H and O–H groups in total. The number of nitriles is 1. The van der Waals surface area contributed by atoms with Gasteiger partial charge >= 0.3 is 5.97 Å². The van der Waals surface area contributed by atoms with Crippen LogP contribution < -0.4 is 11.5 Å². The standard InChI is InChI=1S/C16H20N6O5/c1-15(2,19)14(25)26-5-9-11(23)12(24)16(6-17,27-9)10-4-3-8-13(18)20-7-21-22(8)10/h3-4,7,9,11-12,23-24H,5,19H2,1-2H3,(H2,18,20,21)/t9-,11-,12-,16+/m1/s1. The molecule has 0 unspecified atom stereocenters. The minimum absolute atomic E-state index is 0.161. The lowest BCUT2D eigenvalue weighted by Crippen LogP contribution is -2.44. The maximum absolute atomic E-state index is 11.8. The van der Waals surface area contributed by atoms with Crippen LogP contribution >= 0.6 is 0 Å². The smallest absolute Gasteiger partial charge is 0.325 e. The first-order valence-corrected chi connectivity index (χ1v) is 8.12. The number of aliphatic hydroxyl groups excluding tert-OH is 2. The summed E-state index contributed by atoms with van der Waals surface area (Å²) in [5.74, 6) is -0.538. The molecule has 0 bridgehead atoms. The van der Waals surface area contributed by atoms with Gasteiger partial charge in [-0.15, -0.1) is 0 Å². The number of hydrogen-bond acceptors (Lipinski definition) is 10. The van der Waals surface area contributed by atoms with Gasteiger partial charge in [0.05, 0.1) is 5.69 Å². The molecule has 4 atom stereocenters. The average molecular weight is 376 g/mol. The van der Waals surface area contributed by atoms with Crippen molar-refractivity contribution in [2.75, 3.05) is 12.3 Å². The second kappa shape index (κ2) is 6.43. The highest BCUT2D eigenvalue weighted by Gasteiger charge is 2.57. The molecule has 2 aromatic heterocycles. The lowest BCUT2D eigenvalue weighted by Gasteiger charge is -2.24. The number of nitrogen functional groups attached to an aromatic ring is 1. The molecule has 11 heteroatoms. The molecule has 0 radical (unpaired) electrons. The van der Waals surface area contributed by atoms with Gasteiger partial charge < -0.3 is 31.2 Å². The summed E-state index contributed by atoms with van der Waals surface area (Å²) in [6, 6.07) is 4.96. The highest BCUT2D eigenvalue weighted by atomic mass is 16.6. The molecule has 0 aliphatic carbocycles. The molecule has 11 nitrogen and oxygen atoms in total. The third kappa shape index (κ3) is 2.98. The van der Waals surface area contributed by atoms with E-state index in [-0.39, 0.29) is 18.1 Å². The van der Waals surface area contributed by atoms with Crippen LogP contribution in [0.2, 0.25) is 0 Å². The van der Waals surface area contributed by atoms with Crippen LogP contribution in [-0.4, -0.2) is 61.2 Å². The highest BCUT2D eigenvalue weighted by molar-refractivity contribution is 5.79. The van der Waals surface area contributed by atoms with Crippen molar-refractivity contribution in [1.82, 2.24) is 14.6 Å². The van der Waals surface area contributed by atoms with Gasteiger partial charge in [-0.1, -0.05) is 0 Å². The second-order valence-electron chi connectivity index (χ2n) is 6.92. The van der Waals surface area contributed by atoms with Crippen molar-refractivity contribution in [3.63, 3.8) is 0 Å². The van der Waals surface area contributed by atoms with E-state index < -0.39 is 35.4 Å². The minimum atomic E-state index is -1.94. The summed E-state index contributed by atoms with van der Waals surface area (Å²) < 4.78 is 12.0. The van der Waals surface area contributed by atoms with E-state index in [0.717, 1.165) is 0 Å². The third-order valence-corrected chi connectivity index (χ3v) is 4.39. The van der Waals surface area contributed by atoms with Crippen molar-refractivity contribution in [1.29, 1.82) is 5.26 Å². The van der Waals surface area contributed by atoms with Crippen molar-refractivity contribution < 1.29 is 24.5 Å². The number of aromatic nitrogens is 3. The van der Waals surface area contributed by atoms with Crippen LogP contribution in [0.5, 0.6) is 0 Å². The maximum atomic E-state index is 11.8. The fourth-order valence-corrected chi connectivity index (χ4v) is 2.89. The summed E-state index contributed by atoms with van der Waals surface area (Å²) in [6.07, 6.45) is -3.05. The van der Waals surface area contributed by atoms with Gasteiger partial charge in [0.1, 0.15) is 48.4 Å². The fourth-order valence-electron chi connectivity index (χ4n) is 2.89. The molecule has 3 heterocycles. The normalized spacial score (nSPS) is 28.2. The SMILES string of the molecule is CC(C)(N)C(=O)OC[C@H]1O[C@@](C#N)(c2ccc3c(N)ncnn23)[C@H](O)[C@@H]1O. The van der Waals surface area contributed by atoms with Crippen LogP contribution in [0, 0.1) is 11.3 Å². The van der Waals surface area contributed by atoms with E-state index in [1.54, 1.807) is 6.07 Å². The number of aliphatic hydroxyl groups is 2. The number of ether oxygens (including phenoxy) is 2. The average Bonchev–Trinajstić information content (AvgIpc) is 3.15. The number of rotatable bonds is 4. The molecule has 1 saturated heterocycles. The number of esters is 1. The van der Waals surface area contributed by atoms with E-state index in [1.165, 1.54) is 30.8 Å². The summed E-state index contributed by atoms with van der Waals surface area (Å²) in [4.78, 5) is 15.7. The summed E-state index contributed by atoms with van der Waals surface area (Å²) in [6.45, 7) is 2.54. The number of carbonyl (C=O) groups is 1. The highest BCUT2D eigenvalue weighted by Crippen LogP contribution is 2.40. The number of carbonyl (C=O) groups excluding carboxylic acids is 1. The predicted octanol–water partition coefficient (Wildman–Crippen LogP) is -1.57. The molecule has 0 saturated carbocycles. The Bertz CT molecular complexity index is 916. The van der Waals surface area contributed by atoms with Crippen molar-refractivity contribution in [3.05, 3.63) is 24.2 Å². The summed E-state index contributed by atoms with van der Waals surface area (Å²) in [5, 5.41) is 34.7. The van der Waals surface area contributed by atoms with Gasteiger partial charge in [0.2, 0.25) is 5.60 Å². The van der Waals surface area contributed by atoms with Crippen LogP contribution in [0.1, 0.15) is 19.5 Å². The Hall–Kier alpha value is -2.78. The van der Waals surface area contributed by atoms with Crippen molar-refractivity contribution in [3.8, 4) is 6.07 Å². The largest absolute Gasteiger partial charge is 0.461 e. The van der Waals surface area contributed by atoms with Gasteiger partial charge in [-0.25, -0.2) is 9.50 Å². The number of nitrogens with two attached hydrogens (primary N) is 2. The Kier molecular flexibility index (Phi) is 4.52. The Morgan fingerprint density at radius 1 is 1.52 bits per heavy atom. The maximum Gasteiger partial charge on any atom is 0.325 e. The van der Waals surface area contributed by atoms with E-state index in [1.807, 2.05) is 6.07 Å².